The average Bonchev–Trinajstić information content (AvgIpc) is 2.49. The third-order valence-electron chi connectivity index (χ3n) is 3.77. The van der Waals surface area contributed by atoms with Crippen molar-refractivity contribution in [1.29, 1.82) is 5.26 Å². The fourth-order valence-electron chi connectivity index (χ4n) is 2.54. The molecule has 1 saturated heterocycles. The van der Waals surface area contributed by atoms with E-state index in [2.05, 4.69) is 6.07 Å². The zero-order valence-electron chi connectivity index (χ0n) is 11.4. The smallest absolute Gasteiger partial charge is 0.253 e. The monoisotopic (exact) mass is 256 g/mol. The predicted octanol–water partition coefficient (Wildman–Crippen LogP) is 3.33. The van der Waals surface area contributed by atoms with Gasteiger partial charge in [-0.2, -0.15) is 5.26 Å². The molecule has 0 spiro atoms. The van der Waals surface area contributed by atoms with E-state index in [1.54, 1.807) is 0 Å². The quantitative estimate of drug-likeness (QED) is 0.832. The Kier molecular flexibility index (Phi) is 4.57. The Hall–Kier alpha value is -1.82. The molecule has 1 heterocycles. The predicted molar refractivity (Wildman–Crippen MR) is 74.8 cm³/mol. The number of likely N-dealkylation sites (tertiary alicyclic amines) is 1. The summed E-state index contributed by atoms with van der Waals surface area (Å²) in [5.74, 6) is 0.0513. The van der Waals surface area contributed by atoms with Crippen molar-refractivity contribution < 1.29 is 4.79 Å². The number of hydrogen-bond donors (Lipinski definition) is 0. The van der Waals surface area contributed by atoms with Crippen LogP contribution in [0.1, 0.15) is 54.4 Å². The van der Waals surface area contributed by atoms with Crippen LogP contribution in [-0.4, -0.2) is 23.9 Å². The third-order valence-corrected chi connectivity index (χ3v) is 3.77. The van der Waals surface area contributed by atoms with Crippen LogP contribution in [-0.2, 0) is 0 Å². The Morgan fingerprint density at radius 3 is 2.42 bits per heavy atom. The van der Waals surface area contributed by atoms with Gasteiger partial charge in [-0.05, 0) is 43.4 Å². The fourth-order valence-corrected chi connectivity index (χ4v) is 2.54. The summed E-state index contributed by atoms with van der Waals surface area (Å²) in [7, 11) is 0. The molecule has 1 aliphatic heterocycles. The van der Waals surface area contributed by atoms with Crippen molar-refractivity contribution in [3.05, 3.63) is 35.4 Å². The highest BCUT2D eigenvalue weighted by Gasteiger charge is 2.18. The van der Waals surface area contributed by atoms with Gasteiger partial charge in [0.15, 0.2) is 0 Å². The zero-order valence-corrected chi connectivity index (χ0v) is 11.4. The summed E-state index contributed by atoms with van der Waals surface area (Å²) in [5, 5.41) is 9.04. The van der Waals surface area contributed by atoms with E-state index in [9.17, 15) is 4.79 Å². The van der Waals surface area contributed by atoms with Gasteiger partial charge in [0.05, 0.1) is 12.0 Å². The lowest BCUT2D eigenvalue weighted by atomic mass is 9.97. The van der Waals surface area contributed by atoms with Crippen LogP contribution in [0.25, 0.3) is 0 Å². The Labute approximate surface area is 114 Å². The van der Waals surface area contributed by atoms with Crippen LogP contribution in [0.2, 0.25) is 0 Å². The summed E-state index contributed by atoms with van der Waals surface area (Å²) in [5.41, 5.74) is 1.73. The molecule has 3 nitrogen and oxygen atoms in total. The first-order valence-corrected chi connectivity index (χ1v) is 7.05. The van der Waals surface area contributed by atoms with Gasteiger partial charge in [-0.1, -0.05) is 19.1 Å². The molecule has 0 aliphatic carbocycles. The minimum Gasteiger partial charge on any atom is -0.339 e. The number of carbonyl (C=O) groups is 1. The van der Waals surface area contributed by atoms with Crippen LogP contribution in [0.3, 0.4) is 0 Å². The molecular weight excluding hydrogens is 236 g/mol. The minimum absolute atomic E-state index is 0.0702. The second kappa shape index (κ2) is 6.38. The molecule has 0 radical (unpaired) electrons. The SMILES string of the molecule is CCC(C#N)c1ccc(C(=O)N2CCCCC2)cc1. The number of nitriles is 1. The van der Waals surface area contributed by atoms with Crippen LogP contribution < -0.4 is 0 Å². The number of carbonyl (C=O) groups excluding carboxylic acids is 1. The lowest BCUT2D eigenvalue weighted by Crippen LogP contribution is -2.35. The normalized spacial score (nSPS) is 16.7. The fraction of sp³-hybridized carbons (Fsp3) is 0.500. The molecule has 1 fully saturated rings. The second-order valence-electron chi connectivity index (χ2n) is 5.06. The molecule has 0 bridgehead atoms. The Morgan fingerprint density at radius 2 is 1.89 bits per heavy atom. The molecule has 100 valence electrons. The topological polar surface area (TPSA) is 44.1 Å². The van der Waals surface area contributed by atoms with Gasteiger partial charge in [0.1, 0.15) is 0 Å². The summed E-state index contributed by atoms with van der Waals surface area (Å²) in [6.07, 6.45) is 4.24. The van der Waals surface area contributed by atoms with Crippen molar-refractivity contribution in [2.24, 2.45) is 0 Å². The molecule has 1 unspecified atom stereocenters. The lowest BCUT2D eigenvalue weighted by Gasteiger charge is -2.26. The third kappa shape index (κ3) is 3.14. The molecule has 3 heteroatoms. The van der Waals surface area contributed by atoms with Gasteiger partial charge in [0, 0.05) is 18.7 Å². The number of benzene rings is 1. The first-order chi connectivity index (χ1) is 9.26. The highest BCUT2D eigenvalue weighted by Crippen LogP contribution is 2.20. The van der Waals surface area contributed by atoms with E-state index >= 15 is 0 Å². The number of hydrogen-bond acceptors (Lipinski definition) is 2. The Bertz CT molecular complexity index is 467. The number of piperidine rings is 1. The van der Waals surface area contributed by atoms with Gasteiger partial charge in [-0.3, -0.25) is 4.79 Å². The van der Waals surface area contributed by atoms with Gasteiger partial charge in [-0.15, -0.1) is 0 Å². The number of rotatable bonds is 3. The van der Waals surface area contributed by atoms with E-state index in [1.807, 2.05) is 36.1 Å². The zero-order chi connectivity index (χ0) is 13.7. The van der Waals surface area contributed by atoms with Gasteiger partial charge in [0.25, 0.3) is 5.91 Å². The maximum Gasteiger partial charge on any atom is 0.253 e. The van der Waals surface area contributed by atoms with Crippen molar-refractivity contribution in [3.8, 4) is 6.07 Å². The maximum atomic E-state index is 12.3. The van der Waals surface area contributed by atoms with E-state index in [0.29, 0.717) is 0 Å². The van der Waals surface area contributed by atoms with Crippen LogP contribution in [0.15, 0.2) is 24.3 Å². The van der Waals surface area contributed by atoms with E-state index in [0.717, 1.165) is 43.5 Å². The molecule has 2 rings (SSSR count). The van der Waals surface area contributed by atoms with Crippen molar-refractivity contribution in [3.63, 3.8) is 0 Å². The van der Waals surface area contributed by atoms with E-state index in [1.165, 1.54) is 6.42 Å². The maximum absolute atomic E-state index is 12.3. The van der Waals surface area contributed by atoms with Gasteiger partial charge < -0.3 is 4.90 Å². The van der Waals surface area contributed by atoms with Gasteiger partial charge in [0.2, 0.25) is 0 Å². The van der Waals surface area contributed by atoms with Crippen LogP contribution >= 0.6 is 0 Å². The van der Waals surface area contributed by atoms with Gasteiger partial charge >= 0.3 is 0 Å². The minimum atomic E-state index is -0.0702. The molecule has 0 N–H and O–H groups in total. The average molecular weight is 256 g/mol. The first kappa shape index (κ1) is 13.6. The summed E-state index contributed by atoms with van der Waals surface area (Å²) in [6, 6.07) is 9.81. The van der Waals surface area contributed by atoms with Crippen molar-refractivity contribution >= 4 is 5.91 Å². The highest BCUT2D eigenvalue weighted by atomic mass is 16.2. The Morgan fingerprint density at radius 1 is 1.26 bits per heavy atom. The molecule has 1 aromatic rings. The number of amides is 1. The van der Waals surface area contributed by atoms with E-state index in [4.69, 9.17) is 5.26 Å². The van der Waals surface area contributed by atoms with Crippen LogP contribution in [0.5, 0.6) is 0 Å². The second-order valence-corrected chi connectivity index (χ2v) is 5.06. The first-order valence-electron chi connectivity index (χ1n) is 7.05. The molecule has 1 atom stereocenters. The van der Waals surface area contributed by atoms with Crippen molar-refractivity contribution in [2.75, 3.05) is 13.1 Å². The largest absolute Gasteiger partial charge is 0.339 e. The van der Waals surface area contributed by atoms with Crippen LogP contribution in [0, 0.1) is 11.3 Å². The van der Waals surface area contributed by atoms with Crippen LogP contribution in [0.4, 0.5) is 0 Å². The van der Waals surface area contributed by atoms with Crippen molar-refractivity contribution in [2.45, 2.75) is 38.5 Å². The molecular formula is C16H20N2O. The molecule has 0 aromatic heterocycles. The molecule has 1 aromatic carbocycles. The molecule has 1 aliphatic rings. The summed E-state index contributed by atoms with van der Waals surface area (Å²) >= 11 is 0. The summed E-state index contributed by atoms with van der Waals surface area (Å²) in [6.45, 7) is 3.74. The lowest BCUT2D eigenvalue weighted by molar-refractivity contribution is 0.0724. The Balaban J connectivity index is 2.09. The summed E-state index contributed by atoms with van der Waals surface area (Å²) < 4.78 is 0. The number of nitrogens with zero attached hydrogens (tertiary/aromatic N) is 2. The standard InChI is InChI=1S/C16H20N2O/c1-2-13(12-17)14-6-8-15(9-7-14)16(19)18-10-4-3-5-11-18/h6-9,13H,2-5,10-11H2,1H3. The van der Waals surface area contributed by atoms with E-state index in [-0.39, 0.29) is 11.8 Å². The molecule has 1 amide bonds. The highest BCUT2D eigenvalue weighted by molar-refractivity contribution is 5.94. The summed E-state index contributed by atoms with van der Waals surface area (Å²) in [4.78, 5) is 14.2. The molecule has 0 saturated carbocycles. The van der Waals surface area contributed by atoms with Gasteiger partial charge in [-0.25, -0.2) is 0 Å². The van der Waals surface area contributed by atoms with Crippen molar-refractivity contribution in [1.82, 2.24) is 4.90 Å². The molecule has 19 heavy (non-hydrogen) atoms. The van der Waals surface area contributed by atoms with E-state index < -0.39 is 0 Å².